The Kier molecular flexibility index (Phi) is 7.26. The Morgan fingerprint density at radius 3 is 2.41 bits per heavy atom. The summed E-state index contributed by atoms with van der Waals surface area (Å²) in [6, 6.07) is 0.364. The van der Waals surface area contributed by atoms with Crippen molar-refractivity contribution in [2.24, 2.45) is 0 Å². The molecule has 0 spiro atoms. The number of amides is 2. The molecule has 2 amide bonds. The summed E-state index contributed by atoms with van der Waals surface area (Å²) < 4.78 is 101. The molecule has 0 bridgehead atoms. The van der Waals surface area contributed by atoms with Crippen LogP contribution >= 0.6 is 0 Å². The van der Waals surface area contributed by atoms with Gasteiger partial charge in [-0.25, -0.2) is 18.9 Å². The lowest BCUT2D eigenvalue weighted by Crippen LogP contribution is -2.56. The SMILES string of the molecule is COc1nc(C)c(-c2cc(C(F)(F)F)c3c(N)ncnn23)cc1C(=O)N[C@@H]1CN(C(=O)[C@@](C)(O)C(F)(F)F)C[C@@H]1F. The number of methoxy groups -OCH3 is 1. The number of anilines is 1. The minimum absolute atomic E-state index is 0.0131. The van der Waals surface area contributed by atoms with E-state index in [1.807, 2.05) is 0 Å². The minimum atomic E-state index is -5.33. The van der Waals surface area contributed by atoms with Gasteiger partial charge in [-0.2, -0.15) is 31.4 Å². The van der Waals surface area contributed by atoms with E-state index in [1.54, 1.807) is 0 Å². The Hall–Kier alpha value is -4.22. The van der Waals surface area contributed by atoms with Gasteiger partial charge in [-0.15, -0.1) is 0 Å². The summed E-state index contributed by atoms with van der Waals surface area (Å²) in [4.78, 5) is 33.6. The molecule has 222 valence electrons. The third-order valence-corrected chi connectivity index (χ3v) is 6.60. The van der Waals surface area contributed by atoms with Crippen molar-refractivity contribution in [1.82, 2.24) is 29.8 Å². The summed E-state index contributed by atoms with van der Waals surface area (Å²) in [7, 11) is 1.15. The van der Waals surface area contributed by atoms with Crippen LogP contribution in [0.1, 0.15) is 28.5 Å². The van der Waals surface area contributed by atoms with Gasteiger partial charge in [0.1, 0.15) is 23.6 Å². The Bertz CT molecular complexity index is 1520. The Morgan fingerprint density at radius 2 is 1.83 bits per heavy atom. The first-order valence-corrected chi connectivity index (χ1v) is 11.7. The molecule has 1 aliphatic rings. The topological polar surface area (TPSA) is 148 Å². The molecule has 0 unspecified atom stereocenters. The quantitative estimate of drug-likeness (QED) is 0.382. The van der Waals surface area contributed by atoms with E-state index >= 15 is 0 Å². The molecule has 3 aromatic heterocycles. The zero-order valence-electron chi connectivity index (χ0n) is 21.4. The number of aliphatic hydroxyl groups is 1. The molecule has 4 rings (SSSR count). The number of pyridine rings is 1. The number of nitrogens with zero attached hydrogens (tertiary/aromatic N) is 5. The van der Waals surface area contributed by atoms with Crippen molar-refractivity contribution in [3.05, 3.63) is 35.3 Å². The molecule has 1 fully saturated rings. The number of hydrogen-bond donors (Lipinski definition) is 3. The number of nitrogen functional groups attached to an aromatic ring is 1. The van der Waals surface area contributed by atoms with Gasteiger partial charge >= 0.3 is 12.4 Å². The van der Waals surface area contributed by atoms with Crippen LogP contribution in [0.25, 0.3) is 16.8 Å². The van der Waals surface area contributed by atoms with E-state index in [1.165, 1.54) is 6.92 Å². The van der Waals surface area contributed by atoms with Crippen LogP contribution in [-0.2, 0) is 11.0 Å². The van der Waals surface area contributed by atoms with Crippen LogP contribution in [0.3, 0.4) is 0 Å². The van der Waals surface area contributed by atoms with Gasteiger partial charge < -0.3 is 25.8 Å². The van der Waals surface area contributed by atoms with Gasteiger partial charge in [-0.05, 0) is 26.0 Å². The lowest BCUT2D eigenvalue weighted by molar-refractivity contribution is -0.249. The maximum absolute atomic E-state index is 14.7. The largest absolute Gasteiger partial charge is 0.480 e. The Morgan fingerprint density at radius 1 is 1.17 bits per heavy atom. The molecule has 4 N–H and O–H groups in total. The number of hydrogen-bond acceptors (Lipinski definition) is 8. The molecule has 1 saturated heterocycles. The number of halogens is 7. The number of carbonyl (C=O) groups excluding carboxylic acids is 2. The fourth-order valence-corrected chi connectivity index (χ4v) is 4.38. The molecule has 18 heteroatoms. The second kappa shape index (κ2) is 10.0. The van der Waals surface area contributed by atoms with E-state index in [2.05, 4.69) is 20.4 Å². The van der Waals surface area contributed by atoms with E-state index in [-0.39, 0.29) is 35.3 Å². The molecule has 3 atom stereocenters. The predicted molar refractivity (Wildman–Crippen MR) is 126 cm³/mol. The van der Waals surface area contributed by atoms with Crippen LogP contribution < -0.4 is 15.8 Å². The first-order valence-electron chi connectivity index (χ1n) is 11.7. The summed E-state index contributed by atoms with van der Waals surface area (Å²) in [6.07, 6.45) is -11.3. The summed E-state index contributed by atoms with van der Waals surface area (Å²) in [5.74, 6) is -3.61. The van der Waals surface area contributed by atoms with Crippen molar-refractivity contribution in [3.63, 3.8) is 0 Å². The smallest absolute Gasteiger partial charge is 0.426 e. The van der Waals surface area contributed by atoms with Crippen LogP contribution in [0.2, 0.25) is 0 Å². The highest BCUT2D eigenvalue weighted by molar-refractivity contribution is 5.98. The van der Waals surface area contributed by atoms with Gasteiger partial charge in [0.2, 0.25) is 11.5 Å². The first-order chi connectivity index (χ1) is 18.9. The maximum Gasteiger partial charge on any atom is 0.426 e. The molecule has 4 heterocycles. The third kappa shape index (κ3) is 5.18. The van der Waals surface area contributed by atoms with Crippen molar-refractivity contribution in [2.75, 3.05) is 25.9 Å². The average Bonchev–Trinajstić information content (AvgIpc) is 3.44. The lowest BCUT2D eigenvalue weighted by Gasteiger charge is -2.29. The van der Waals surface area contributed by atoms with Crippen molar-refractivity contribution < 1.29 is 50.2 Å². The second-order valence-corrected chi connectivity index (χ2v) is 9.40. The molecular weight excluding hydrogens is 571 g/mol. The highest BCUT2D eigenvalue weighted by Crippen LogP contribution is 2.40. The van der Waals surface area contributed by atoms with E-state index in [4.69, 9.17) is 10.5 Å². The average molecular weight is 593 g/mol. The van der Waals surface area contributed by atoms with Gasteiger partial charge in [-0.3, -0.25) is 9.59 Å². The van der Waals surface area contributed by atoms with Crippen molar-refractivity contribution >= 4 is 23.1 Å². The molecule has 0 radical (unpaired) electrons. The lowest BCUT2D eigenvalue weighted by atomic mass is 10.1. The standard InChI is InChI=1S/C23H22F7N7O4/c1-9-10(15-5-12(22(25,26)27)16-17(31)32-8-33-37(15)16)4-11(19(34-9)41-3)18(38)35-14-7-36(6-13(14)24)20(39)21(2,40)23(28,29)30/h4-5,8,13-14,40H,6-7H2,1-3H3,(H,35,38)(H2,31,32,33)/t13-,14+,21+/m0/s1. The number of alkyl halides is 7. The van der Waals surface area contributed by atoms with Gasteiger partial charge in [-0.1, -0.05) is 0 Å². The fourth-order valence-electron chi connectivity index (χ4n) is 4.38. The van der Waals surface area contributed by atoms with Crippen LogP contribution in [-0.4, -0.2) is 85.6 Å². The molecule has 41 heavy (non-hydrogen) atoms. The van der Waals surface area contributed by atoms with E-state index in [9.17, 15) is 45.4 Å². The molecule has 3 aromatic rings. The second-order valence-electron chi connectivity index (χ2n) is 9.40. The summed E-state index contributed by atoms with van der Waals surface area (Å²) in [5, 5.41) is 15.7. The zero-order chi connectivity index (χ0) is 30.7. The number of nitrogens with one attached hydrogen (secondary N) is 1. The fraction of sp³-hybridized carbons (Fsp3) is 0.435. The summed E-state index contributed by atoms with van der Waals surface area (Å²) in [5.41, 5.74) is -0.233. The van der Waals surface area contributed by atoms with Gasteiger partial charge in [0.15, 0.2) is 5.82 Å². The van der Waals surface area contributed by atoms with E-state index in [0.29, 0.717) is 4.90 Å². The van der Waals surface area contributed by atoms with Crippen LogP contribution in [0, 0.1) is 6.92 Å². The van der Waals surface area contributed by atoms with Crippen LogP contribution in [0.15, 0.2) is 18.5 Å². The minimum Gasteiger partial charge on any atom is -0.480 e. The van der Waals surface area contributed by atoms with Gasteiger partial charge in [0.25, 0.3) is 11.8 Å². The number of ether oxygens (including phenoxy) is 1. The highest BCUT2D eigenvalue weighted by Gasteiger charge is 2.58. The monoisotopic (exact) mass is 593 g/mol. The van der Waals surface area contributed by atoms with E-state index < -0.39 is 72.0 Å². The number of nitrogens with two attached hydrogens (primary N) is 1. The van der Waals surface area contributed by atoms with Crippen molar-refractivity contribution in [1.29, 1.82) is 0 Å². The zero-order valence-corrected chi connectivity index (χ0v) is 21.4. The van der Waals surface area contributed by atoms with Crippen LogP contribution in [0.4, 0.5) is 36.6 Å². The summed E-state index contributed by atoms with van der Waals surface area (Å²) >= 11 is 0. The van der Waals surface area contributed by atoms with E-state index in [0.717, 1.165) is 30.1 Å². The number of likely N-dealkylation sites (tertiary alicyclic amines) is 1. The Balaban J connectivity index is 1.69. The van der Waals surface area contributed by atoms with Gasteiger partial charge in [0.05, 0.1) is 36.6 Å². The normalized spacial score (nSPS) is 19.3. The molecule has 11 nitrogen and oxygen atoms in total. The molecular formula is C23H22F7N7O4. The number of aryl methyl sites for hydroxylation is 1. The van der Waals surface area contributed by atoms with Crippen molar-refractivity contribution in [2.45, 2.75) is 44.0 Å². The highest BCUT2D eigenvalue weighted by atomic mass is 19.4. The number of aromatic nitrogens is 4. The predicted octanol–water partition coefficient (Wildman–Crippen LogP) is 2.30. The first kappa shape index (κ1) is 29.8. The number of rotatable bonds is 5. The third-order valence-electron chi connectivity index (χ3n) is 6.60. The number of carbonyl (C=O) groups is 2. The molecule has 0 aliphatic carbocycles. The summed E-state index contributed by atoms with van der Waals surface area (Å²) in [6.45, 7) is 0.0944. The molecule has 0 aromatic carbocycles. The van der Waals surface area contributed by atoms with Gasteiger partial charge in [0, 0.05) is 12.1 Å². The molecule has 1 aliphatic heterocycles. The molecule has 0 saturated carbocycles. The van der Waals surface area contributed by atoms with Crippen LogP contribution in [0.5, 0.6) is 5.88 Å². The maximum atomic E-state index is 14.7. The Labute approximate surface area is 226 Å². The number of fused-ring (bicyclic) bond motifs is 1. The van der Waals surface area contributed by atoms with Crippen molar-refractivity contribution in [3.8, 4) is 17.1 Å².